The molecule has 1 amide bonds. The summed E-state index contributed by atoms with van der Waals surface area (Å²) in [4.78, 5) is 19.2. The first kappa shape index (κ1) is 18.5. The van der Waals surface area contributed by atoms with E-state index >= 15 is 0 Å². The number of rotatable bonds is 5. The average molecular weight is 380 g/mol. The Morgan fingerprint density at radius 3 is 2.96 bits per heavy atom. The van der Waals surface area contributed by atoms with Gasteiger partial charge in [-0.3, -0.25) is 10.1 Å². The van der Waals surface area contributed by atoms with E-state index in [9.17, 15) is 4.79 Å². The zero-order chi connectivity index (χ0) is 19.5. The third-order valence-corrected chi connectivity index (χ3v) is 5.83. The van der Waals surface area contributed by atoms with Crippen LogP contribution in [0.1, 0.15) is 56.6 Å². The quantitative estimate of drug-likeness (QED) is 0.749. The smallest absolute Gasteiger partial charge is 0.301 e. The summed E-state index contributed by atoms with van der Waals surface area (Å²) in [6.07, 6.45) is 14.0. The summed E-state index contributed by atoms with van der Waals surface area (Å²) in [7, 11) is 0. The van der Waals surface area contributed by atoms with Crippen LogP contribution in [0.2, 0.25) is 0 Å². The molecule has 2 aliphatic rings. The van der Waals surface area contributed by atoms with Crippen LogP contribution in [0.15, 0.2) is 47.9 Å². The van der Waals surface area contributed by atoms with Crippen molar-refractivity contribution in [1.29, 1.82) is 0 Å². The fourth-order valence-electron chi connectivity index (χ4n) is 4.31. The maximum absolute atomic E-state index is 13.2. The highest BCUT2D eigenvalue weighted by molar-refractivity contribution is 5.95. The Hall–Kier alpha value is -2.82. The fourth-order valence-corrected chi connectivity index (χ4v) is 4.31. The van der Waals surface area contributed by atoms with Crippen LogP contribution in [-0.2, 0) is 4.79 Å². The highest BCUT2D eigenvalue weighted by atomic mass is 16.4. The van der Waals surface area contributed by atoms with Gasteiger partial charge in [0, 0.05) is 18.9 Å². The van der Waals surface area contributed by atoms with Crippen molar-refractivity contribution in [2.24, 2.45) is 5.92 Å². The summed E-state index contributed by atoms with van der Waals surface area (Å²) in [5.41, 5.74) is 4.27. The summed E-state index contributed by atoms with van der Waals surface area (Å²) in [5, 5.41) is 2.83. The number of aryl methyl sites for hydroxylation is 1. The minimum Gasteiger partial charge on any atom is -0.432 e. The number of oxazole rings is 1. The van der Waals surface area contributed by atoms with Crippen molar-refractivity contribution in [2.75, 3.05) is 5.32 Å². The molecule has 1 aliphatic carbocycles. The molecule has 1 N–H and O–H groups in total. The van der Waals surface area contributed by atoms with Gasteiger partial charge in [0.2, 0.25) is 0 Å². The molecule has 28 heavy (non-hydrogen) atoms. The maximum Gasteiger partial charge on any atom is 0.301 e. The van der Waals surface area contributed by atoms with Gasteiger partial charge in [-0.05, 0) is 37.0 Å². The molecule has 0 spiro atoms. The van der Waals surface area contributed by atoms with E-state index in [1.165, 1.54) is 50.1 Å². The molecule has 148 valence electrons. The van der Waals surface area contributed by atoms with E-state index in [1.807, 2.05) is 11.1 Å². The van der Waals surface area contributed by atoms with Crippen molar-refractivity contribution in [2.45, 2.75) is 51.5 Å². The largest absolute Gasteiger partial charge is 0.432 e. The highest BCUT2D eigenvalue weighted by Gasteiger charge is 2.32. The number of hydrogen-bond acceptors (Lipinski definition) is 4. The molecule has 0 bridgehead atoms. The van der Waals surface area contributed by atoms with E-state index in [0.717, 1.165) is 23.2 Å². The van der Waals surface area contributed by atoms with Gasteiger partial charge in [-0.1, -0.05) is 56.4 Å². The Morgan fingerprint density at radius 2 is 2.21 bits per heavy atom. The van der Waals surface area contributed by atoms with E-state index < -0.39 is 0 Å². The number of fused-ring (bicyclic) bond motifs is 1. The van der Waals surface area contributed by atoms with E-state index in [0.29, 0.717) is 5.92 Å². The van der Waals surface area contributed by atoms with Crippen molar-refractivity contribution in [3.63, 3.8) is 0 Å². The van der Waals surface area contributed by atoms with Crippen LogP contribution in [0.5, 0.6) is 0 Å². The predicted molar refractivity (Wildman–Crippen MR) is 113 cm³/mol. The normalized spacial score (nSPS) is 18.0. The fraction of sp³-hybridized carbons (Fsp3) is 0.391. The van der Waals surface area contributed by atoms with Crippen LogP contribution in [0.25, 0.3) is 11.8 Å². The average Bonchev–Trinajstić information content (AvgIpc) is 3.21. The lowest BCUT2D eigenvalue weighted by Crippen LogP contribution is -2.42. The maximum atomic E-state index is 13.2. The van der Waals surface area contributed by atoms with Crippen LogP contribution in [0.4, 0.5) is 6.01 Å². The van der Waals surface area contributed by atoms with Crippen molar-refractivity contribution in [1.82, 2.24) is 9.88 Å². The van der Waals surface area contributed by atoms with Crippen molar-refractivity contribution in [3.8, 4) is 0 Å². The van der Waals surface area contributed by atoms with Gasteiger partial charge in [-0.15, -0.1) is 0 Å². The molecule has 1 aromatic carbocycles. The molecule has 1 fully saturated rings. The number of hydrogen-bond donors (Lipinski definition) is 1. The number of benzene rings is 1. The molecule has 4 rings (SSSR count). The van der Waals surface area contributed by atoms with Gasteiger partial charge in [0.15, 0.2) is 0 Å². The standard InChI is InChI=1S/C23H27N3O2.H2/c1-16-8-9-19-10-12-26(17(2)20(19)14-16)21(15-18-6-4-3-5-7-18)22(27)25-23-24-11-13-28-23;/h8-14,18,21H,2-7,15H2,1H3,(H,24,25,27);1H. The predicted octanol–water partition coefficient (Wildman–Crippen LogP) is 5.46. The Morgan fingerprint density at radius 1 is 1.39 bits per heavy atom. The lowest BCUT2D eigenvalue weighted by molar-refractivity contribution is -0.120. The van der Waals surface area contributed by atoms with Gasteiger partial charge < -0.3 is 9.32 Å². The number of aromatic nitrogens is 1. The van der Waals surface area contributed by atoms with Gasteiger partial charge in [-0.2, -0.15) is 0 Å². The molecule has 1 atom stereocenters. The number of carbonyl (C=O) groups excluding carboxylic acids is 1. The number of carbonyl (C=O) groups is 1. The van der Waals surface area contributed by atoms with Crippen molar-refractivity contribution >= 4 is 23.7 Å². The first-order valence-electron chi connectivity index (χ1n) is 10.1. The van der Waals surface area contributed by atoms with Crippen LogP contribution in [-0.4, -0.2) is 21.8 Å². The minimum atomic E-state index is -0.340. The first-order chi connectivity index (χ1) is 13.6. The lowest BCUT2D eigenvalue weighted by atomic mass is 9.84. The SMILES string of the molecule is C=C1c2cc(C)ccc2C=CN1C(CC1CCCCC1)C(=O)Nc1ncco1.[HH]. The monoisotopic (exact) mass is 379 g/mol. The van der Waals surface area contributed by atoms with Crippen LogP contribution < -0.4 is 5.32 Å². The summed E-state index contributed by atoms with van der Waals surface area (Å²) in [5.74, 6) is 0.448. The second-order valence-electron chi connectivity index (χ2n) is 7.84. The van der Waals surface area contributed by atoms with Crippen molar-refractivity contribution < 1.29 is 10.6 Å². The van der Waals surface area contributed by atoms with Gasteiger partial charge in [0.05, 0.1) is 6.20 Å². The Labute approximate surface area is 167 Å². The first-order valence-corrected chi connectivity index (χ1v) is 10.1. The molecular weight excluding hydrogens is 350 g/mol. The van der Waals surface area contributed by atoms with Crippen LogP contribution in [0, 0.1) is 12.8 Å². The summed E-state index contributed by atoms with van der Waals surface area (Å²) in [6.45, 7) is 6.40. The Bertz CT molecular complexity index is 886. The van der Waals surface area contributed by atoms with E-state index in [2.05, 4.69) is 48.1 Å². The minimum absolute atomic E-state index is 0. The summed E-state index contributed by atoms with van der Waals surface area (Å²) >= 11 is 0. The zero-order valence-corrected chi connectivity index (χ0v) is 16.4. The molecule has 0 radical (unpaired) electrons. The number of nitrogens with zero attached hydrogens (tertiary/aromatic N) is 2. The number of amides is 1. The van der Waals surface area contributed by atoms with Crippen LogP contribution >= 0.6 is 0 Å². The van der Waals surface area contributed by atoms with Gasteiger partial charge in [-0.25, -0.2) is 4.98 Å². The molecule has 1 saturated carbocycles. The molecule has 1 aromatic heterocycles. The zero-order valence-electron chi connectivity index (χ0n) is 16.4. The molecule has 5 nitrogen and oxygen atoms in total. The lowest BCUT2D eigenvalue weighted by Gasteiger charge is -2.36. The number of anilines is 1. The molecule has 0 saturated heterocycles. The number of nitrogens with one attached hydrogen (secondary N) is 1. The Kier molecular flexibility index (Phi) is 5.33. The second kappa shape index (κ2) is 8.05. The molecular formula is C23H29N3O2. The van der Waals surface area contributed by atoms with Gasteiger partial charge in [0.25, 0.3) is 5.91 Å². The summed E-state index contributed by atoms with van der Waals surface area (Å²) in [6, 6.07) is 6.24. The third-order valence-electron chi connectivity index (χ3n) is 5.83. The van der Waals surface area contributed by atoms with E-state index in [-0.39, 0.29) is 19.4 Å². The highest BCUT2D eigenvalue weighted by Crippen LogP contribution is 2.35. The van der Waals surface area contributed by atoms with Crippen molar-refractivity contribution in [3.05, 3.63) is 60.1 Å². The van der Waals surface area contributed by atoms with Gasteiger partial charge >= 0.3 is 6.01 Å². The molecule has 1 aliphatic heterocycles. The van der Waals surface area contributed by atoms with E-state index in [1.54, 1.807) is 0 Å². The van der Waals surface area contributed by atoms with Crippen LogP contribution in [0.3, 0.4) is 0 Å². The molecule has 2 aromatic rings. The third kappa shape index (κ3) is 3.88. The summed E-state index contributed by atoms with van der Waals surface area (Å²) < 4.78 is 5.23. The second-order valence-corrected chi connectivity index (χ2v) is 7.84. The topological polar surface area (TPSA) is 58.4 Å². The molecule has 5 heteroatoms. The Balaban J connectivity index is 0.00000240. The van der Waals surface area contributed by atoms with Gasteiger partial charge in [0.1, 0.15) is 12.3 Å². The molecule has 1 unspecified atom stereocenters. The molecule has 2 heterocycles. The van der Waals surface area contributed by atoms with E-state index in [4.69, 9.17) is 4.42 Å².